The first-order chi connectivity index (χ1) is 7.00. The highest BCUT2D eigenvalue weighted by Gasteiger charge is 2.52. The van der Waals surface area contributed by atoms with Crippen LogP contribution in [-0.2, 0) is 14.3 Å². The number of nitrogens with two attached hydrogens (primary N) is 1. The molecular formula is C10H16N2O3. The zero-order chi connectivity index (χ0) is 11.1. The van der Waals surface area contributed by atoms with Gasteiger partial charge in [-0.05, 0) is 13.3 Å². The summed E-state index contributed by atoms with van der Waals surface area (Å²) in [5.41, 5.74) is 4.26. The lowest BCUT2D eigenvalue weighted by molar-refractivity contribution is -0.162. The molecule has 0 aromatic rings. The van der Waals surface area contributed by atoms with Crippen molar-refractivity contribution in [3.05, 3.63) is 0 Å². The van der Waals surface area contributed by atoms with Crippen LogP contribution in [0, 0.1) is 0 Å². The molecule has 2 heterocycles. The topological polar surface area (TPSA) is 73.9 Å². The van der Waals surface area contributed by atoms with Gasteiger partial charge in [-0.2, -0.15) is 4.99 Å². The average Bonchev–Trinajstić information content (AvgIpc) is 2.41. The van der Waals surface area contributed by atoms with Crippen molar-refractivity contribution in [1.29, 1.82) is 0 Å². The number of hydrogen-bond acceptors (Lipinski definition) is 4. The number of amides is 1. The molecule has 2 N–H and O–H groups in total. The average molecular weight is 212 g/mol. The fraction of sp³-hybridized carbons (Fsp3) is 0.800. The second kappa shape index (κ2) is 3.20. The van der Waals surface area contributed by atoms with E-state index in [4.69, 9.17) is 15.2 Å². The van der Waals surface area contributed by atoms with Crippen LogP contribution in [0.4, 0.5) is 0 Å². The van der Waals surface area contributed by atoms with E-state index < -0.39 is 5.60 Å². The van der Waals surface area contributed by atoms with Gasteiger partial charge < -0.3 is 15.2 Å². The van der Waals surface area contributed by atoms with Crippen molar-refractivity contribution >= 4 is 11.9 Å². The monoisotopic (exact) mass is 212 g/mol. The Morgan fingerprint density at radius 3 is 2.87 bits per heavy atom. The molecule has 1 amide bonds. The van der Waals surface area contributed by atoms with Crippen molar-refractivity contribution in [3.8, 4) is 0 Å². The number of aliphatic imine (C=N–C) groups is 1. The molecule has 15 heavy (non-hydrogen) atoms. The molecule has 1 saturated heterocycles. The minimum Gasteiger partial charge on any atom is -0.448 e. The molecule has 1 spiro atoms. The van der Waals surface area contributed by atoms with Crippen molar-refractivity contribution in [2.75, 3.05) is 6.61 Å². The van der Waals surface area contributed by atoms with E-state index >= 15 is 0 Å². The van der Waals surface area contributed by atoms with E-state index in [0.717, 1.165) is 6.42 Å². The van der Waals surface area contributed by atoms with Gasteiger partial charge in [0.05, 0.1) is 12.2 Å². The number of rotatable bonds is 1. The summed E-state index contributed by atoms with van der Waals surface area (Å²) in [5.74, 6) is -0.261. The lowest BCUT2D eigenvalue weighted by Gasteiger charge is -2.41. The SMILES string of the molecule is CCC1(C)CC2(CCO1)OC(N)=NC2=O. The Balaban J connectivity index is 2.21. The maximum absolute atomic E-state index is 11.7. The van der Waals surface area contributed by atoms with Crippen LogP contribution in [0.25, 0.3) is 0 Å². The summed E-state index contributed by atoms with van der Waals surface area (Å²) in [7, 11) is 0. The van der Waals surface area contributed by atoms with Crippen LogP contribution in [0.5, 0.6) is 0 Å². The van der Waals surface area contributed by atoms with Crippen LogP contribution in [0.3, 0.4) is 0 Å². The second-order valence-electron chi connectivity index (χ2n) is 4.43. The number of ether oxygens (including phenoxy) is 2. The van der Waals surface area contributed by atoms with E-state index in [1.54, 1.807) is 0 Å². The van der Waals surface area contributed by atoms with Crippen molar-refractivity contribution in [2.24, 2.45) is 10.7 Å². The van der Waals surface area contributed by atoms with Crippen LogP contribution in [0.15, 0.2) is 4.99 Å². The zero-order valence-electron chi connectivity index (χ0n) is 9.08. The Bertz CT molecular complexity index is 329. The summed E-state index contributed by atoms with van der Waals surface area (Å²) in [6, 6.07) is -0.0136. The molecule has 0 saturated carbocycles. The highest BCUT2D eigenvalue weighted by atomic mass is 16.6. The molecule has 1 fully saturated rings. The lowest BCUT2D eigenvalue weighted by Crippen LogP contribution is -2.51. The molecule has 2 aliphatic heterocycles. The van der Waals surface area contributed by atoms with Crippen molar-refractivity contribution in [3.63, 3.8) is 0 Å². The van der Waals surface area contributed by atoms with Gasteiger partial charge in [0.15, 0.2) is 5.60 Å². The number of hydrogen-bond donors (Lipinski definition) is 1. The fourth-order valence-corrected chi connectivity index (χ4v) is 2.17. The van der Waals surface area contributed by atoms with E-state index in [2.05, 4.69) is 4.99 Å². The largest absolute Gasteiger partial charge is 0.448 e. The third-order valence-corrected chi connectivity index (χ3v) is 3.27. The van der Waals surface area contributed by atoms with Crippen molar-refractivity contribution in [1.82, 2.24) is 0 Å². The third-order valence-electron chi connectivity index (χ3n) is 3.27. The van der Waals surface area contributed by atoms with E-state index in [-0.39, 0.29) is 17.5 Å². The highest BCUT2D eigenvalue weighted by Crippen LogP contribution is 2.39. The summed E-state index contributed by atoms with van der Waals surface area (Å²) in [6.07, 6.45) is 1.90. The smallest absolute Gasteiger partial charge is 0.294 e. The van der Waals surface area contributed by atoms with Gasteiger partial charge in [-0.3, -0.25) is 4.79 Å². The van der Waals surface area contributed by atoms with E-state index in [1.165, 1.54) is 0 Å². The molecule has 2 rings (SSSR count). The lowest BCUT2D eigenvalue weighted by atomic mass is 9.81. The number of carbonyl (C=O) groups is 1. The minimum atomic E-state index is -0.854. The van der Waals surface area contributed by atoms with E-state index in [9.17, 15) is 4.79 Å². The molecule has 5 nitrogen and oxygen atoms in total. The summed E-state index contributed by atoms with van der Waals surface area (Å²) < 4.78 is 11.1. The predicted molar refractivity (Wildman–Crippen MR) is 54.3 cm³/mol. The first kappa shape index (κ1) is 10.4. The Hall–Kier alpha value is -1.10. The first-order valence-electron chi connectivity index (χ1n) is 5.21. The van der Waals surface area contributed by atoms with Gasteiger partial charge in [0, 0.05) is 12.8 Å². The zero-order valence-corrected chi connectivity index (χ0v) is 9.08. The first-order valence-corrected chi connectivity index (χ1v) is 5.21. The molecule has 2 atom stereocenters. The van der Waals surface area contributed by atoms with Gasteiger partial charge in [0.2, 0.25) is 0 Å². The Kier molecular flexibility index (Phi) is 2.22. The number of nitrogens with zero attached hydrogens (tertiary/aromatic N) is 1. The molecule has 84 valence electrons. The fourth-order valence-electron chi connectivity index (χ4n) is 2.17. The Morgan fingerprint density at radius 2 is 2.33 bits per heavy atom. The standard InChI is InChI=1S/C10H16N2O3/c1-3-9(2)6-10(4-5-14-9)7(13)12-8(11)15-10/h3-6H2,1-2H3,(H2,11,12,13). The van der Waals surface area contributed by atoms with Gasteiger partial charge in [0.25, 0.3) is 11.9 Å². The summed E-state index contributed by atoms with van der Waals surface area (Å²) >= 11 is 0. The van der Waals surface area contributed by atoms with E-state index in [1.807, 2.05) is 13.8 Å². The van der Waals surface area contributed by atoms with Gasteiger partial charge >= 0.3 is 0 Å². The third kappa shape index (κ3) is 1.61. The molecule has 0 radical (unpaired) electrons. The quantitative estimate of drug-likeness (QED) is 0.689. The van der Waals surface area contributed by atoms with Crippen LogP contribution >= 0.6 is 0 Å². The molecule has 0 bridgehead atoms. The molecule has 5 heteroatoms. The summed E-state index contributed by atoms with van der Waals surface area (Å²) in [5, 5.41) is 0. The van der Waals surface area contributed by atoms with Gasteiger partial charge in [0.1, 0.15) is 0 Å². The molecule has 0 aromatic heterocycles. The number of amidine groups is 1. The van der Waals surface area contributed by atoms with Crippen molar-refractivity contribution < 1.29 is 14.3 Å². The molecule has 0 aliphatic carbocycles. The normalized spacial score (nSPS) is 40.4. The van der Waals surface area contributed by atoms with E-state index in [0.29, 0.717) is 19.4 Å². The Morgan fingerprint density at radius 1 is 1.60 bits per heavy atom. The minimum absolute atomic E-state index is 0.0136. The molecule has 2 unspecified atom stereocenters. The molecular weight excluding hydrogens is 196 g/mol. The van der Waals surface area contributed by atoms with Crippen LogP contribution in [0.2, 0.25) is 0 Å². The second-order valence-corrected chi connectivity index (χ2v) is 4.43. The number of carbonyl (C=O) groups excluding carboxylic acids is 1. The highest BCUT2D eigenvalue weighted by molar-refractivity contribution is 6.00. The molecule has 0 aromatic carbocycles. The van der Waals surface area contributed by atoms with Gasteiger partial charge in [-0.15, -0.1) is 0 Å². The van der Waals surface area contributed by atoms with Crippen LogP contribution < -0.4 is 5.73 Å². The van der Waals surface area contributed by atoms with Crippen LogP contribution in [0.1, 0.15) is 33.1 Å². The van der Waals surface area contributed by atoms with Gasteiger partial charge in [-0.25, -0.2) is 0 Å². The molecule has 2 aliphatic rings. The van der Waals surface area contributed by atoms with Crippen LogP contribution in [-0.4, -0.2) is 29.7 Å². The Labute approximate surface area is 88.6 Å². The maximum atomic E-state index is 11.7. The summed E-state index contributed by atoms with van der Waals surface area (Å²) in [6.45, 7) is 4.53. The predicted octanol–water partition coefficient (Wildman–Crippen LogP) is 0.576. The summed E-state index contributed by atoms with van der Waals surface area (Å²) in [4.78, 5) is 15.4. The van der Waals surface area contributed by atoms with Crippen molar-refractivity contribution in [2.45, 2.75) is 44.3 Å². The maximum Gasteiger partial charge on any atom is 0.294 e. The van der Waals surface area contributed by atoms with Gasteiger partial charge in [-0.1, -0.05) is 6.92 Å².